The summed E-state index contributed by atoms with van der Waals surface area (Å²) in [4.78, 5) is 22.1. The SMILES string of the molecule is NC(=O)CC(O)C(O)c1ccc2c(c1)CCC(=O)C2. The van der Waals surface area contributed by atoms with Gasteiger partial charge >= 0.3 is 0 Å². The van der Waals surface area contributed by atoms with Crippen LogP contribution in [0.5, 0.6) is 0 Å². The number of Topliss-reactive ketones (excluding diaryl/α,β-unsaturated/α-hetero) is 1. The van der Waals surface area contributed by atoms with Crippen LogP contribution >= 0.6 is 0 Å². The molecule has 0 aromatic heterocycles. The summed E-state index contributed by atoms with van der Waals surface area (Å²) >= 11 is 0. The quantitative estimate of drug-likeness (QED) is 0.712. The number of aliphatic hydroxyl groups is 2. The van der Waals surface area contributed by atoms with Gasteiger partial charge in [0.1, 0.15) is 11.9 Å². The number of carbonyl (C=O) groups is 2. The van der Waals surface area contributed by atoms with Crippen LogP contribution in [0.1, 0.15) is 35.6 Å². The molecule has 2 rings (SSSR count). The standard InChI is InChI=1S/C14H17NO4/c15-13(18)7-12(17)14(19)10-2-1-9-6-11(16)4-3-8(9)5-10/h1-2,5,12,14,17,19H,3-4,6-7H2,(H2,15,18). The largest absolute Gasteiger partial charge is 0.390 e. The molecule has 19 heavy (non-hydrogen) atoms. The minimum Gasteiger partial charge on any atom is -0.390 e. The Bertz CT molecular complexity index is 512. The van der Waals surface area contributed by atoms with E-state index in [1.54, 1.807) is 18.2 Å². The van der Waals surface area contributed by atoms with E-state index in [1.807, 2.05) is 0 Å². The minimum absolute atomic E-state index is 0.217. The molecule has 0 bridgehead atoms. The number of amides is 1. The number of hydrogen-bond acceptors (Lipinski definition) is 4. The zero-order valence-corrected chi connectivity index (χ0v) is 10.5. The smallest absolute Gasteiger partial charge is 0.220 e. The van der Waals surface area contributed by atoms with E-state index in [2.05, 4.69) is 0 Å². The number of aliphatic hydroxyl groups excluding tert-OH is 2. The number of fused-ring (bicyclic) bond motifs is 1. The summed E-state index contributed by atoms with van der Waals surface area (Å²) in [5.41, 5.74) is 7.52. The molecule has 4 N–H and O–H groups in total. The highest BCUT2D eigenvalue weighted by molar-refractivity contribution is 5.83. The molecule has 5 heteroatoms. The molecule has 1 aromatic carbocycles. The highest BCUT2D eigenvalue weighted by Crippen LogP contribution is 2.25. The molecule has 1 amide bonds. The van der Waals surface area contributed by atoms with E-state index in [4.69, 9.17) is 5.73 Å². The predicted octanol–water partition coefficient (Wildman–Crippen LogP) is 0.0141. The van der Waals surface area contributed by atoms with Crippen molar-refractivity contribution < 1.29 is 19.8 Å². The van der Waals surface area contributed by atoms with E-state index < -0.39 is 18.1 Å². The number of hydrogen-bond donors (Lipinski definition) is 3. The third-order valence-electron chi connectivity index (χ3n) is 3.41. The van der Waals surface area contributed by atoms with Gasteiger partial charge in [0.05, 0.1) is 12.5 Å². The maximum absolute atomic E-state index is 11.3. The van der Waals surface area contributed by atoms with Crippen molar-refractivity contribution in [3.05, 3.63) is 34.9 Å². The van der Waals surface area contributed by atoms with E-state index in [0.29, 0.717) is 24.8 Å². The average molecular weight is 263 g/mol. The molecule has 2 unspecified atom stereocenters. The van der Waals surface area contributed by atoms with Gasteiger partial charge in [-0.1, -0.05) is 18.2 Å². The van der Waals surface area contributed by atoms with Gasteiger partial charge in [0.2, 0.25) is 5.91 Å². The van der Waals surface area contributed by atoms with Gasteiger partial charge in [-0.05, 0) is 23.1 Å². The average Bonchev–Trinajstić information content (AvgIpc) is 2.36. The summed E-state index contributed by atoms with van der Waals surface area (Å²) in [5.74, 6) is -0.440. The van der Waals surface area contributed by atoms with Crippen molar-refractivity contribution in [2.45, 2.75) is 37.9 Å². The van der Waals surface area contributed by atoms with Gasteiger partial charge in [0.15, 0.2) is 0 Å². The zero-order valence-electron chi connectivity index (χ0n) is 10.5. The summed E-state index contributed by atoms with van der Waals surface area (Å²) in [5, 5.41) is 19.6. The lowest BCUT2D eigenvalue weighted by Gasteiger charge is -2.20. The Kier molecular flexibility index (Phi) is 3.97. The molecule has 1 aromatic rings. The van der Waals surface area contributed by atoms with Crippen LogP contribution in [0.2, 0.25) is 0 Å². The molecule has 2 atom stereocenters. The number of aryl methyl sites for hydroxylation is 1. The summed E-state index contributed by atoms with van der Waals surface area (Å²) in [6.45, 7) is 0. The van der Waals surface area contributed by atoms with Crippen molar-refractivity contribution in [3.8, 4) is 0 Å². The lowest BCUT2D eigenvalue weighted by atomic mass is 9.88. The molecule has 0 heterocycles. The molecular formula is C14H17NO4. The van der Waals surface area contributed by atoms with Crippen molar-refractivity contribution >= 4 is 11.7 Å². The Labute approximate surface area is 111 Å². The maximum atomic E-state index is 11.3. The molecule has 1 aliphatic rings. The second-order valence-corrected chi connectivity index (χ2v) is 4.93. The molecule has 1 aliphatic carbocycles. The third-order valence-corrected chi connectivity index (χ3v) is 3.41. The first kappa shape index (κ1) is 13.7. The van der Waals surface area contributed by atoms with Crippen LogP contribution in [0.3, 0.4) is 0 Å². The fourth-order valence-corrected chi connectivity index (χ4v) is 2.35. The van der Waals surface area contributed by atoms with Crippen molar-refractivity contribution in [2.75, 3.05) is 0 Å². The molecule has 0 saturated carbocycles. The molecular weight excluding hydrogens is 246 g/mol. The van der Waals surface area contributed by atoms with Gasteiger partial charge in [-0.2, -0.15) is 0 Å². The van der Waals surface area contributed by atoms with Crippen molar-refractivity contribution in [1.29, 1.82) is 0 Å². The summed E-state index contributed by atoms with van der Waals surface area (Å²) < 4.78 is 0. The van der Waals surface area contributed by atoms with Crippen LogP contribution in [0, 0.1) is 0 Å². The lowest BCUT2D eigenvalue weighted by Crippen LogP contribution is -2.26. The first-order valence-electron chi connectivity index (χ1n) is 6.25. The van der Waals surface area contributed by atoms with Gasteiger partial charge in [-0.25, -0.2) is 0 Å². The molecule has 0 spiro atoms. The van der Waals surface area contributed by atoms with E-state index >= 15 is 0 Å². The monoisotopic (exact) mass is 263 g/mol. The molecule has 0 aliphatic heterocycles. The highest BCUT2D eigenvalue weighted by Gasteiger charge is 2.22. The van der Waals surface area contributed by atoms with Crippen LogP contribution in [-0.2, 0) is 22.4 Å². The van der Waals surface area contributed by atoms with Crippen LogP contribution in [0.25, 0.3) is 0 Å². The summed E-state index contributed by atoms with van der Waals surface area (Å²) in [6.07, 6.45) is -1.04. The molecule has 0 saturated heterocycles. The Morgan fingerprint density at radius 3 is 2.68 bits per heavy atom. The van der Waals surface area contributed by atoms with Gasteiger partial charge < -0.3 is 15.9 Å². The first-order valence-corrected chi connectivity index (χ1v) is 6.25. The van der Waals surface area contributed by atoms with Gasteiger partial charge in [0.25, 0.3) is 0 Å². The number of carbonyl (C=O) groups excluding carboxylic acids is 2. The minimum atomic E-state index is -1.21. The van der Waals surface area contributed by atoms with Gasteiger partial charge in [0, 0.05) is 12.8 Å². The van der Waals surface area contributed by atoms with Crippen LogP contribution in [0.4, 0.5) is 0 Å². The molecule has 0 radical (unpaired) electrons. The highest BCUT2D eigenvalue weighted by atomic mass is 16.3. The third kappa shape index (κ3) is 3.19. The van der Waals surface area contributed by atoms with Gasteiger partial charge in [-0.3, -0.25) is 9.59 Å². The van der Waals surface area contributed by atoms with Crippen LogP contribution in [-0.4, -0.2) is 28.0 Å². The van der Waals surface area contributed by atoms with Crippen LogP contribution < -0.4 is 5.73 Å². The van der Waals surface area contributed by atoms with E-state index in [-0.39, 0.29) is 12.2 Å². The second-order valence-electron chi connectivity index (χ2n) is 4.93. The zero-order chi connectivity index (χ0) is 14.0. The summed E-state index contributed by atoms with van der Waals surface area (Å²) in [7, 11) is 0. The number of rotatable bonds is 4. The number of benzene rings is 1. The topological polar surface area (TPSA) is 101 Å². The summed E-state index contributed by atoms with van der Waals surface area (Å²) in [6, 6.07) is 5.25. The Morgan fingerprint density at radius 1 is 1.26 bits per heavy atom. The van der Waals surface area contributed by atoms with Crippen molar-refractivity contribution in [3.63, 3.8) is 0 Å². The fourth-order valence-electron chi connectivity index (χ4n) is 2.35. The van der Waals surface area contributed by atoms with E-state index in [0.717, 1.165) is 11.1 Å². The molecule has 0 fully saturated rings. The van der Waals surface area contributed by atoms with Crippen LogP contribution in [0.15, 0.2) is 18.2 Å². The van der Waals surface area contributed by atoms with Crippen molar-refractivity contribution in [1.82, 2.24) is 0 Å². The van der Waals surface area contributed by atoms with Crippen molar-refractivity contribution in [2.24, 2.45) is 5.73 Å². The second kappa shape index (κ2) is 5.50. The number of nitrogens with two attached hydrogens (primary N) is 1. The molecule has 5 nitrogen and oxygen atoms in total. The lowest BCUT2D eigenvalue weighted by molar-refractivity contribution is -0.122. The normalized spacial score (nSPS) is 17.7. The van der Waals surface area contributed by atoms with E-state index in [1.165, 1.54) is 0 Å². The molecule has 102 valence electrons. The first-order chi connectivity index (χ1) is 8.97. The fraction of sp³-hybridized carbons (Fsp3) is 0.429. The van der Waals surface area contributed by atoms with Gasteiger partial charge in [-0.15, -0.1) is 0 Å². The number of primary amides is 1. The predicted molar refractivity (Wildman–Crippen MR) is 68.3 cm³/mol. The Hall–Kier alpha value is -1.72. The maximum Gasteiger partial charge on any atom is 0.220 e. The number of ketones is 1. The van der Waals surface area contributed by atoms with E-state index in [9.17, 15) is 19.8 Å². The Morgan fingerprint density at radius 2 is 2.00 bits per heavy atom. The Balaban J connectivity index is 2.17.